The van der Waals surface area contributed by atoms with Crippen molar-refractivity contribution in [2.75, 3.05) is 18.4 Å². The van der Waals surface area contributed by atoms with Gasteiger partial charge in [-0.05, 0) is 50.1 Å². The van der Waals surface area contributed by atoms with E-state index in [1.54, 1.807) is 6.07 Å². The molecule has 0 radical (unpaired) electrons. The van der Waals surface area contributed by atoms with Crippen LogP contribution in [0.3, 0.4) is 0 Å². The summed E-state index contributed by atoms with van der Waals surface area (Å²) in [5, 5.41) is 2.81. The van der Waals surface area contributed by atoms with Crippen molar-refractivity contribution in [3.63, 3.8) is 0 Å². The second kappa shape index (κ2) is 8.08. The highest BCUT2D eigenvalue weighted by Gasteiger charge is 2.27. The van der Waals surface area contributed by atoms with Crippen LogP contribution in [0.25, 0.3) is 11.0 Å². The first kappa shape index (κ1) is 20.4. The molecular formula is C21H24N4O4S. The minimum absolute atomic E-state index is 0.120. The normalized spacial score (nSPS) is 15.0. The lowest BCUT2D eigenvalue weighted by molar-refractivity contribution is -0.116. The lowest BCUT2D eigenvalue weighted by Crippen LogP contribution is -2.27. The van der Waals surface area contributed by atoms with Gasteiger partial charge in [0, 0.05) is 31.7 Å². The fourth-order valence-electron chi connectivity index (χ4n) is 3.68. The SMILES string of the molecule is Cc1ccc(NC(=O)CCn2c(=O)[nH]c3cc(S(=O)(=O)N4CCCC4)ccc32)cc1. The smallest absolute Gasteiger partial charge is 0.326 e. The average molecular weight is 429 g/mol. The number of carbonyl (C=O) groups excluding carboxylic acids is 1. The van der Waals surface area contributed by atoms with Crippen LogP contribution in [0.5, 0.6) is 0 Å². The maximum atomic E-state index is 12.8. The van der Waals surface area contributed by atoms with E-state index in [0.717, 1.165) is 18.4 Å². The molecular weight excluding hydrogens is 404 g/mol. The van der Waals surface area contributed by atoms with Gasteiger partial charge in [0.25, 0.3) is 0 Å². The topological polar surface area (TPSA) is 104 Å². The maximum Gasteiger partial charge on any atom is 0.326 e. The number of hydrogen-bond acceptors (Lipinski definition) is 4. The number of fused-ring (bicyclic) bond motifs is 1. The van der Waals surface area contributed by atoms with Crippen LogP contribution in [0.15, 0.2) is 52.2 Å². The van der Waals surface area contributed by atoms with E-state index >= 15 is 0 Å². The Balaban J connectivity index is 1.51. The summed E-state index contributed by atoms with van der Waals surface area (Å²) in [5.74, 6) is -0.201. The van der Waals surface area contributed by atoms with E-state index in [4.69, 9.17) is 0 Å². The minimum atomic E-state index is -3.56. The quantitative estimate of drug-likeness (QED) is 0.629. The molecule has 0 saturated carbocycles. The van der Waals surface area contributed by atoms with Gasteiger partial charge < -0.3 is 10.3 Å². The molecule has 0 spiro atoms. The third-order valence-corrected chi connectivity index (χ3v) is 7.24. The van der Waals surface area contributed by atoms with Crippen LogP contribution in [0, 0.1) is 6.92 Å². The number of carbonyl (C=O) groups is 1. The summed E-state index contributed by atoms with van der Waals surface area (Å²) in [4.78, 5) is 27.5. The summed E-state index contributed by atoms with van der Waals surface area (Å²) >= 11 is 0. The van der Waals surface area contributed by atoms with Gasteiger partial charge >= 0.3 is 5.69 Å². The van der Waals surface area contributed by atoms with Gasteiger partial charge in [-0.1, -0.05) is 17.7 Å². The Kier molecular flexibility index (Phi) is 5.48. The van der Waals surface area contributed by atoms with Crippen LogP contribution in [0.2, 0.25) is 0 Å². The molecule has 2 aromatic carbocycles. The number of aryl methyl sites for hydroxylation is 2. The first-order valence-electron chi connectivity index (χ1n) is 9.94. The third kappa shape index (κ3) is 4.03. The fourth-order valence-corrected chi connectivity index (χ4v) is 5.22. The molecule has 0 atom stereocenters. The van der Waals surface area contributed by atoms with Gasteiger partial charge in [0.05, 0.1) is 15.9 Å². The molecule has 1 amide bonds. The number of amides is 1. The lowest BCUT2D eigenvalue weighted by atomic mass is 10.2. The number of anilines is 1. The highest BCUT2D eigenvalue weighted by Crippen LogP contribution is 2.23. The number of nitrogens with zero attached hydrogens (tertiary/aromatic N) is 2. The summed E-state index contributed by atoms with van der Waals surface area (Å²) in [6, 6.07) is 12.1. The zero-order chi connectivity index (χ0) is 21.3. The van der Waals surface area contributed by atoms with Crippen molar-refractivity contribution in [3.8, 4) is 0 Å². The Labute approximate surface area is 174 Å². The third-order valence-electron chi connectivity index (χ3n) is 5.35. The predicted molar refractivity (Wildman–Crippen MR) is 115 cm³/mol. The van der Waals surface area contributed by atoms with Crippen molar-refractivity contribution in [1.82, 2.24) is 13.9 Å². The van der Waals surface area contributed by atoms with Crippen LogP contribution in [0.4, 0.5) is 5.69 Å². The number of sulfonamides is 1. The molecule has 1 saturated heterocycles. The molecule has 2 heterocycles. The van der Waals surface area contributed by atoms with Crippen molar-refractivity contribution in [1.29, 1.82) is 0 Å². The molecule has 1 aromatic heterocycles. The Morgan fingerprint density at radius 3 is 2.50 bits per heavy atom. The van der Waals surface area contributed by atoms with E-state index in [1.807, 2.05) is 31.2 Å². The molecule has 0 aliphatic carbocycles. The Morgan fingerprint density at radius 1 is 1.10 bits per heavy atom. The van der Waals surface area contributed by atoms with Crippen LogP contribution >= 0.6 is 0 Å². The Hall–Kier alpha value is -2.91. The number of benzene rings is 2. The van der Waals surface area contributed by atoms with Crippen molar-refractivity contribution < 1.29 is 13.2 Å². The minimum Gasteiger partial charge on any atom is -0.326 e. The molecule has 0 bridgehead atoms. The fraction of sp³-hybridized carbons (Fsp3) is 0.333. The molecule has 8 nitrogen and oxygen atoms in total. The molecule has 9 heteroatoms. The van der Waals surface area contributed by atoms with Crippen LogP contribution in [-0.2, 0) is 21.4 Å². The van der Waals surface area contributed by atoms with Gasteiger partial charge in [-0.15, -0.1) is 0 Å². The van der Waals surface area contributed by atoms with Crippen LogP contribution < -0.4 is 11.0 Å². The number of imidazole rings is 1. The number of rotatable bonds is 6. The molecule has 3 aromatic rings. The van der Waals surface area contributed by atoms with Crippen molar-refractivity contribution in [2.24, 2.45) is 0 Å². The van der Waals surface area contributed by atoms with E-state index in [9.17, 15) is 18.0 Å². The van der Waals surface area contributed by atoms with E-state index in [1.165, 1.54) is 21.0 Å². The number of aromatic nitrogens is 2. The van der Waals surface area contributed by atoms with Crippen molar-refractivity contribution >= 4 is 32.7 Å². The zero-order valence-electron chi connectivity index (χ0n) is 16.7. The molecule has 0 unspecified atom stereocenters. The first-order chi connectivity index (χ1) is 14.3. The monoisotopic (exact) mass is 428 g/mol. The van der Waals surface area contributed by atoms with Gasteiger partial charge in [-0.2, -0.15) is 4.31 Å². The van der Waals surface area contributed by atoms with Gasteiger partial charge in [0.2, 0.25) is 15.9 Å². The van der Waals surface area contributed by atoms with Gasteiger partial charge in [-0.3, -0.25) is 9.36 Å². The summed E-state index contributed by atoms with van der Waals surface area (Å²) in [6.45, 7) is 3.20. The second-order valence-electron chi connectivity index (χ2n) is 7.54. The predicted octanol–water partition coefficient (Wildman–Crippen LogP) is 2.45. The van der Waals surface area contributed by atoms with Gasteiger partial charge in [0.1, 0.15) is 0 Å². The number of nitrogens with one attached hydrogen (secondary N) is 2. The molecule has 30 heavy (non-hydrogen) atoms. The lowest BCUT2D eigenvalue weighted by Gasteiger charge is -2.15. The molecule has 2 N–H and O–H groups in total. The van der Waals surface area contributed by atoms with Crippen LogP contribution in [-0.4, -0.2) is 41.3 Å². The number of aromatic amines is 1. The standard InChI is InChI=1S/C21H24N4O4S/c1-15-4-6-16(7-5-15)22-20(26)10-13-25-19-9-8-17(14-18(19)23-21(25)27)30(28,29)24-11-2-3-12-24/h4-9,14H,2-3,10-13H2,1H3,(H,22,26)(H,23,27). The van der Waals surface area contributed by atoms with E-state index in [2.05, 4.69) is 10.3 Å². The molecule has 1 aliphatic heterocycles. The highest BCUT2D eigenvalue weighted by atomic mass is 32.2. The molecule has 1 aliphatic rings. The van der Waals surface area contributed by atoms with Crippen LogP contribution in [0.1, 0.15) is 24.8 Å². The zero-order valence-corrected chi connectivity index (χ0v) is 17.5. The molecule has 158 valence electrons. The summed E-state index contributed by atoms with van der Waals surface area (Å²) in [6.07, 6.45) is 1.84. The number of H-pyrrole nitrogens is 1. The summed E-state index contributed by atoms with van der Waals surface area (Å²) in [5.41, 5.74) is 2.45. The van der Waals surface area contributed by atoms with Crippen molar-refractivity contribution in [3.05, 3.63) is 58.5 Å². The average Bonchev–Trinajstić information content (AvgIpc) is 3.36. The second-order valence-corrected chi connectivity index (χ2v) is 9.47. The molecule has 1 fully saturated rings. The van der Waals surface area contributed by atoms with E-state index in [-0.39, 0.29) is 29.5 Å². The first-order valence-corrected chi connectivity index (χ1v) is 11.4. The highest BCUT2D eigenvalue weighted by molar-refractivity contribution is 7.89. The Morgan fingerprint density at radius 2 is 1.80 bits per heavy atom. The van der Waals surface area contributed by atoms with E-state index < -0.39 is 10.0 Å². The largest absolute Gasteiger partial charge is 0.326 e. The maximum absolute atomic E-state index is 12.8. The summed E-state index contributed by atoms with van der Waals surface area (Å²) in [7, 11) is -3.56. The van der Waals surface area contributed by atoms with Gasteiger partial charge in [0.15, 0.2) is 0 Å². The van der Waals surface area contributed by atoms with Gasteiger partial charge in [-0.25, -0.2) is 13.2 Å². The number of hydrogen-bond donors (Lipinski definition) is 2. The van der Waals surface area contributed by atoms with Crippen molar-refractivity contribution in [2.45, 2.75) is 37.6 Å². The van der Waals surface area contributed by atoms with E-state index in [0.29, 0.717) is 29.8 Å². The summed E-state index contributed by atoms with van der Waals surface area (Å²) < 4.78 is 28.4. The Bertz CT molecular complexity index is 1240. The molecule has 4 rings (SSSR count).